The van der Waals surface area contributed by atoms with Gasteiger partial charge in [-0.15, -0.1) is 0 Å². The molecule has 0 aliphatic carbocycles. The molecule has 5 heteroatoms. The molecular formula is C16H18N2O3. The molecule has 21 heavy (non-hydrogen) atoms. The molecule has 0 amide bonds. The van der Waals surface area contributed by atoms with E-state index in [4.69, 9.17) is 9.84 Å². The lowest BCUT2D eigenvalue weighted by Crippen LogP contribution is -2.11. The quantitative estimate of drug-likeness (QED) is 0.605. The van der Waals surface area contributed by atoms with Crippen molar-refractivity contribution in [3.8, 4) is 0 Å². The monoisotopic (exact) mass is 286 g/mol. The van der Waals surface area contributed by atoms with E-state index in [-0.39, 0.29) is 5.69 Å². The molecule has 0 spiro atoms. The Bertz CT molecular complexity index is 668. The van der Waals surface area contributed by atoms with Crippen LogP contribution in [0.25, 0.3) is 10.9 Å². The molecule has 110 valence electrons. The van der Waals surface area contributed by atoms with Crippen LogP contribution in [-0.2, 0) is 4.74 Å². The number of anilines is 1. The van der Waals surface area contributed by atoms with E-state index in [0.29, 0.717) is 25.3 Å². The molecule has 0 saturated heterocycles. The van der Waals surface area contributed by atoms with Gasteiger partial charge < -0.3 is 15.2 Å². The van der Waals surface area contributed by atoms with Crippen LogP contribution in [0, 0.1) is 0 Å². The van der Waals surface area contributed by atoms with E-state index in [1.165, 1.54) is 0 Å². The fourth-order valence-corrected chi connectivity index (χ4v) is 1.94. The number of hydrogen-bond acceptors (Lipinski definition) is 4. The van der Waals surface area contributed by atoms with Crippen LogP contribution >= 0.6 is 0 Å². The number of carboxylic acid groups (broad SMARTS) is 1. The number of nitrogens with one attached hydrogen (secondary N) is 1. The molecule has 0 aliphatic heterocycles. The van der Waals surface area contributed by atoms with Crippen LogP contribution in [0.1, 0.15) is 17.4 Å². The number of benzene rings is 1. The maximum Gasteiger partial charge on any atom is 0.354 e. The van der Waals surface area contributed by atoms with Gasteiger partial charge in [0.15, 0.2) is 5.69 Å². The first kappa shape index (κ1) is 15.0. The summed E-state index contributed by atoms with van der Waals surface area (Å²) in [4.78, 5) is 15.2. The van der Waals surface area contributed by atoms with Crippen molar-refractivity contribution in [2.75, 3.05) is 25.1 Å². The van der Waals surface area contributed by atoms with Gasteiger partial charge in [-0.1, -0.05) is 30.4 Å². The summed E-state index contributed by atoms with van der Waals surface area (Å²) < 4.78 is 5.41. The van der Waals surface area contributed by atoms with E-state index in [1.54, 1.807) is 12.1 Å². The minimum atomic E-state index is -1.04. The molecule has 1 aromatic carbocycles. The van der Waals surface area contributed by atoms with Gasteiger partial charge in [-0.3, -0.25) is 0 Å². The van der Waals surface area contributed by atoms with Crippen molar-refractivity contribution in [1.82, 2.24) is 4.98 Å². The molecule has 0 atom stereocenters. The van der Waals surface area contributed by atoms with E-state index in [1.807, 2.05) is 25.1 Å². The van der Waals surface area contributed by atoms with Gasteiger partial charge in [-0.05, 0) is 19.1 Å². The van der Waals surface area contributed by atoms with Gasteiger partial charge in [-0.25, -0.2) is 9.78 Å². The highest BCUT2D eigenvalue weighted by molar-refractivity contribution is 5.97. The predicted octanol–water partition coefficient (Wildman–Crippen LogP) is 2.94. The van der Waals surface area contributed by atoms with Gasteiger partial charge in [0.05, 0.1) is 18.7 Å². The van der Waals surface area contributed by atoms with Crippen molar-refractivity contribution in [1.29, 1.82) is 0 Å². The molecule has 0 fully saturated rings. The van der Waals surface area contributed by atoms with Gasteiger partial charge in [-0.2, -0.15) is 0 Å². The zero-order chi connectivity index (χ0) is 15.2. The van der Waals surface area contributed by atoms with Gasteiger partial charge in [0.2, 0.25) is 0 Å². The molecule has 1 heterocycles. The third-order valence-electron chi connectivity index (χ3n) is 2.85. The van der Waals surface area contributed by atoms with Crippen molar-refractivity contribution in [3.05, 3.63) is 48.2 Å². The van der Waals surface area contributed by atoms with Crippen LogP contribution in [0.3, 0.4) is 0 Å². The topological polar surface area (TPSA) is 71.5 Å². The molecule has 0 saturated carbocycles. The van der Waals surface area contributed by atoms with Gasteiger partial charge in [0.1, 0.15) is 0 Å². The summed E-state index contributed by atoms with van der Waals surface area (Å²) in [6, 6.07) is 8.98. The second-order valence-corrected chi connectivity index (χ2v) is 4.81. The van der Waals surface area contributed by atoms with Crippen LogP contribution < -0.4 is 5.32 Å². The molecule has 0 bridgehead atoms. The number of nitrogens with zero attached hydrogens (tertiary/aromatic N) is 1. The summed E-state index contributed by atoms with van der Waals surface area (Å²) in [5, 5.41) is 13.2. The number of pyridine rings is 1. The Balaban J connectivity index is 2.13. The first-order chi connectivity index (χ1) is 10.1. The van der Waals surface area contributed by atoms with Crippen LogP contribution in [-0.4, -0.2) is 35.8 Å². The summed E-state index contributed by atoms with van der Waals surface area (Å²) in [5.74, 6) is -1.04. The Hall–Kier alpha value is -2.40. The maximum absolute atomic E-state index is 11.1. The van der Waals surface area contributed by atoms with E-state index in [9.17, 15) is 4.79 Å². The molecule has 0 unspecified atom stereocenters. The minimum Gasteiger partial charge on any atom is -0.477 e. The summed E-state index contributed by atoms with van der Waals surface area (Å²) in [6.45, 7) is 7.30. The van der Waals surface area contributed by atoms with Gasteiger partial charge >= 0.3 is 5.97 Å². The second-order valence-electron chi connectivity index (χ2n) is 4.81. The Morgan fingerprint density at radius 2 is 2.19 bits per heavy atom. The van der Waals surface area contributed by atoms with Crippen LogP contribution in [0.2, 0.25) is 0 Å². The third kappa shape index (κ3) is 4.03. The summed E-state index contributed by atoms with van der Waals surface area (Å²) in [6.07, 6.45) is 0. The summed E-state index contributed by atoms with van der Waals surface area (Å²) in [7, 11) is 0. The summed E-state index contributed by atoms with van der Waals surface area (Å²) in [5.41, 5.74) is 2.40. The van der Waals surface area contributed by atoms with Gasteiger partial charge in [0, 0.05) is 17.6 Å². The third-order valence-corrected chi connectivity index (χ3v) is 2.85. The summed E-state index contributed by atoms with van der Waals surface area (Å²) >= 11 is 0. The smallest absolute Gasteiger partial charge is 0.354 e. The highest BCUT2D eigenvalue weighted by Crippen LogP contribution is 2.22. The molecule has 0 radical (unpaired) electrons. The number of aromatic nitrogens is 1. The molecular weight excluding hydrogens is 268 g/mol. The molecule has 2 rings (SSSR count). The van der Waals surface area contributed by atoms with Crippen LogP contribution in [0.15, 0.2) is 42.5 Å². The number of carbonyl (C=O) groups is 1. The van der Waals surface area contributed by atoms with Crippen molar-refractivity contribution < 1.29 is 14.6 Å². The Morgan fingerprint density at radius 3 is 2.90 bits per heavy atom. The average Bonchev–Trinajstić information content (AvgIpc) is 2.46. The number of carboxylic acids is 1. The van der Waals surface area contributed by atoms with Crippen LogP contribution in [0.5, 0.6) is 0 Å². The highest BCUT2D eigenvalue weighted by atomic mass is 16.5. The van der Waals surface area contributed by atoms with Crippen molar-refractivity contribution in [2.45, 2.75) is 6.92 Å². The zero-order valence-corrected chi connectivity index (χ0v) is 11.9. The lowest BCUT2D eigenvalue weighted by atomic mass is 10.1. The Morgan fingerprint density at radius 1 is 1.43 bits per heavy atom. The first-order valence-corrected chi connectivity index (χ1v) is 6.67. The molecule has 2 N–H and O–H groups in total. The fraction of sp³-hybridized carbons (Fsp3) is 0.250. The number of aromatic carboxylic acids is 1. The minimum absolute atomic E-state index is 0.0269. The Kier molecular flexibility index (Phi) is 4.90. The van der Waals surface area contributed by atoms with E-state index < -0.39 is 5.97 Å². The number of ether oxygens (including phenoxy) is 1. The van der Waals surface area contributed by atoms with Gasteiger partial charge in [0.25, 0.3) is 0 Å². The fourth-order valence-electron chi connectivity index (χ4n) is 1.94. The molecule has 2 aromatic rings. The predicted molar refractivity (Wildman–Crippen MR) is 82.8 cm³/mol. The lowest BCUT2D eigenvalue weighted by Gasteiger charge is -2.11. The van der Waals surface area contributed by atoms with Crippen molar-refractivity contribution in [3.63, 3.8) is 0 Å². The average molecular weight is 286 g/mol. The number of hydrogen-bond donors (Lipinski definition) is 2. The first-order valence-electron chi connectivity index (χ1n) is 6.67. The van der Waals surface area contributed by atoms with Crippen LogP contribution in [0.4, 0.5) is 5.69 Å². The normalized spacial score (nSPS) is 10.5. The highest BCUT2D eigenvalue weighted by Gasteiger charge is 2.10. The molecule has 5 nitrogen and oxygen atoms in total. The lowest BCUT2D eigenvalue weighted by molar-refractivity contribution is 0.0691. The Labute approximate surface area is 123 Å². The maximum atomic E-state index is 11.1. The number of rotatable bonds is 7. The molecule has 1 aromatic heterocycles. The van der Waals surface area contributed by atoms with E-state index in [0.717, 1.165) is 16.6 Å². The molecule has 0 aliphatic rings. The van der Waals surface area contributed by atoms with E-state index in [2.05, 4.69) is 16.9 Å². The SMILES string of the molecule is C=C(C)COCCNc1cc(C(=O)O)nc2ccccc12. The number of fused-ring (bicyclic) bond motifs is 1. The van der Waals surface area contributed by atoms with E-state index >= 15 is 0 Å². The largest absolute Gasteiger partial charge is 0.477 e. The van der Waals surface area contributed by atoms with Crippen molar-refractivity contribution in [2.24, 2.45) is 0 Å². The second kappa shape index (κ2) is 6.85. The van der Waals surface area contributed by atoms with Crippen molar-refractivity contribution >= 4 is 22.6 Å². The number of para-hydroxylation sites is 1. The zero-order valence-electron chi connectivity index (χ0n) is 11.9. The standard InChI is InChI=1S/C16H18N2O3/c1-11(2)10-21-8-7-17-14-9-15(16(19)20)18-13-6-4-3-5-12(13)14/h3-6,9H,1,7-8,10H2,2H3,(H,17,18)(H,19,20).